The van der Waals surface area contributed by atoms with E-state index in [1.54, 1.807) is 17.0 Å². The Bertz CT molecular complexity index is 461. The van der Waals surface area contributed by atoms with E-state index in [1.807, 2.05) is 6.07 Å². The summed E-state index contributed by atoms with van der Waals surface area (Å²) in [6.45, 7) is 0.446. The maximum atomic E-state index is 12.1. The molecule has 0 atom stereocenters. The molecular weight excluding hydrogens is 285 g/mol. The first-order valence-corrected chi connectivity index (χ1v) is 7.21. The number of nitrogens with zero attached hydrogens (tertiary/aromatic N) is 1. The van der Waals surface area contributed by atoms with Crippen LogP contribution in [0, 0.1) is 0 Å². The highest BCUT2D eigenvalue weighted by atomic mass is 35.5. The van der Waals surface area contributed by atoms with Gasteiger partial charge < -0.3 is 10.0 Å². The van der Waals surface area contributed by atoms with Crippen LogP contribution >= 0.6 is 23.2 Å². The van der Waals surface area contributed by atoms with E-state index < -0.39 is 0 Å². The molecule has 0 aliphatic heterocycles. The van der Waals surface area contributed by atoms with Crippen molar-refractivity contribution in [3.8, 4) is 0 Å². The highest BCUT2D eigenvalue weighted by Gasteiger charge is 2.31. The van der Waals surface area contributed by atoms with Crippen LogP contribution in [-0.2, 0) is 11.2 Å². The second-order valence-electron chi connectivity index (χ2n) is 4.78. The quantitative estimate of drug-likeness (QED) is 0.878. The van der Waals surface area contributed by atoms with Gasteiger partial charge >= 0.3 is 0 Å². The van der Waals surface area contributed by atoms with Crippen molar-refractivity contribution in [2.24, 2.45) is 0 Å². The highest BCUT2D eigenvalue weighted by Crippen LogP contribution is 2.28. The Morgan fingerprint density at radius 1 is 1.37 bits per heavy atom. The molecule has 0 heterocycles. The molecule has 0 radical (unpaired) electrons. The van der Waals surface area contributed by atoms with Gasteiger partial charge in [-0.05, 0) is 37.0 Å². The third kappa shape index (κ3) is 4.10. The number of amides is 1. The molecular formula is C14H17Cl2NO2. The SMILES string of the molecule is O=C(CCc1ccc(Cl)cc1Cl)N(CCO)C1CC1. The van der Waals surface area contributed by atoms with Crippen LogP contribution in [0.5, 0.6) is 0 Å². The van der Waals surface area contributed by atoms with Gasteiger partial charge in [0, 0.05) is 29.1 Å². The minimum atomic E-state index is 0.0178. The summed E-state index contributed by atoms with van der Waals surface area (Å²) in [5.74, 6) is 0.0857. The number of hydrogen-bond donors (Lipinski definition) is 1. The summed E-state index contributed by atoms with van der Waals surface area (Å²) >= 11 is 11.9. The van der Waals surface area contributed by atoms with E-state index in [9.17, 15) is 4.79 Å². The van der Waals surface area contributed by atoms with E-state index in [0.29, 0.717) is 35.5 Å². The maximum Gasteiger partial charge on any atom is 0.223 e. The van der Waals surface area contributed by atoms with Crippen molar-refractivity contribution in [1.82, 2.24) is 4.90 Å². The van der Waals surface area contributed by atoms with Crippen LogP contribution < -0.4 is 0 Å². The number of benzene rings is 1. The van der Waals surface area contributed by atoms with Gasteiger partial charge in [0.25, 0.3) is 0 Å². The standard InChI is InChI=1S/C14H17Cl2NO2/c15-11-3-1-10(13(16)9-11)2-6-14(19)17(7-8-18)12-4-5-12/h1,3,9,12,18H,2,4-8H2. The molecule has 1 N–H and O–H groups in total. The predicted octanol–water partition coefficient (Wildman–Crippen LogP) is 2.91. The Hall–Kier alpha value is -0.770. The predicted molar refractivity (Wildman–Crippen MR) is 76.6 cm³/mol. The fourth-order valence-corrected chi connectivity index (χ4v) is 2.62. The smallest absolute Gasteiger partial charge is 0.223 e. The number of halogens is 2. The van der Waals surface area contributed by atoms with Crippen LogP contribution in [0.3, 0.4) is 0 Å². The molecule has 0 aromatic heterocycles. The Labute approximate surface area is 123 Å². The number of aryl methyl sites for hydroxylation is 1. The van der Waals surface area contributed by atoms with E-state index in [-0.39, 0.29) is 12.5 Å². The molecule has 1 aliphatic rings. The second kappa shape index (κ2) is 6.60. The molecule has 0 spiro atoms. The van der Waals surface area contributed by atoms with Crippen molar-refractivity contribution < 1.29 is 9.90 Å². The number of rotatable bonds is 6. The number of hydrogen-bond acceptors (Lipinski definition) is 2. The van der Waals surface area contributed by atoms with Crippen molar-refractivity contribution in [2.45, 2.75) is 31.7 Å². The van der Waals surface area contributed by atoms with Gasteiger partial charge in [-0.3, -0.25) is 4.79 Å². The largest absolute Gasteiger partial charge is 0.395 e. The van der Waals surface area contributed by atoms with Crippen LogP contribution in [0.1, 0.15) is 24.8 Å². The Morgan fingerprint density at radius 2 is 2.11 bits per heavy atom. The van der Waals surface area contributed by atoms with E-state index in [4.69, 9.17) is 28.3 Å². The molecule has 3 nitrogen and oxygen atoms in total. The van der Waals surface area contributed by atoms with Crippen molar-refractivity contribution >= 4 is 29.1 Å². The Balaban J connectivity index is 1.91. The molecule has 0 bridgehead atoms. The fraction of sp³-hybridized carbons (Fsp3) is 0.500. The van der Waals surface area contributed by atoms with Crippen molar-refractivity contribution in [1.29, 1.82) is 0 Å². The van der Waals surface area contributed by atoms with Crippen LogP contribution in [0.25, 0.3) is 0 Å². The number of carbonyl (C=O) groups is 1. The molecule has 1 fully saturated rings. The maximum absolute atomic E-state index is 12.1. The molecule has 104 valence electrons. The van der Waals surface area contributed by atoms with Gasteiger partial charge in [-0.25, -0.2) is 0 Å². The summed E-state index contributed by atoms with van der Waals surface area (Å²) in [6, 6.07) is 5.65. The monoisotopic (exact) mass is 301 g/mol. The van der Waals surface area contributed by atoms with Gasteiger partial charge in [0.05, 0.1) is 6.61 Å². The summed E-state index contributed by atoms with van der Waals surface area (Å²) in [4.78, 5) is 13.9. The number of aliphatic hydroxyl groups excluding tert-OH is 1. The second-order valence-corrected chi connectivity index (χ2v) is 5.62. The van der Waals surface area contributed by atoms with Gasteiger partial charge in [-0.2, -0.15) is 0 Å². The van der Waals surface area contributed by atoms with Gasteiger partial charge in [-0.15, -0.1) is 0 Å². The van der Waals surface area contributed by atoms with Crippen molar-refractivity contribution in [3.63, 3.8) is 0 Å². The molecule has 5 heteroatoms. The highest BCUT2D eigenvalue weighted by molar-refractivity contribution is 6.35. The molecule has 0 unspecified atom stereocenters. The third-order valence-electron chi connectivity index (χ3n) is 3.27. The molecule has 2 rings (SSSR count). The van der Waals surface area contributed by atoms with Crippen LogP contribution in [0.2, 0.25) is 10.0 Å². The number of carbonyl (C=O) groups excluding carboxylic acids is 1. The zero-order valence-corrected chi connectivity index (χ0v) is 12.1. The van der Waals surface area contributed by atoms with Gasteiger partial charge in [0.15, 0.2) is 0 Å². The van der Waals surface area contributed by atoms with Crippen LogP contribution in [-0.4, -0.2) is 35.1 Å². The average Bonchev–Trinajstić information content (AvgIpc) is 3.18. The van der Waals surface area contributed by atoms with Gasteiger partial charge in [0.1, 0.15) is 0 Å². The third-order valence-corrected chi connectivity index (χ3v) is 3.86. The average molecular weight is 302 g/mol. The fourth-order valence-electron chi connectivity index (χ4n) is 2.11. The minimum absolute atomic E-state index is 0.0178. The molecule has 19 heavy (non-hydrogen) atoms. The number of aliphatic hydroxyl groups is 1. The first-order chi connectivity index (χ1) is 9.11. The molecule has 1 aromatic rings. The lowest BCUT2D eigenvalue weighted by Gasteiger charge is -2.21. The molecule has 1 saturated carbocycles. The summed E-state index contributed by atoms with van der Waals surface area (Å²) in [6.07, 6.45) is 3.11. The lowest BCUT2D eigenvalue weighted by molar-refractivity contribution is -0.132. The van der Waals surface area contributed by atoms with Crippen molar-refractivity contribution in [2.75, 3.05) is 13.2 Å². The molecule has 1 aromatic carbocycles. The normalized spacial score (nSPS) is 14.5. The molecule has 0 saturated heterocycles. The summed E-state index contributed by atoms with van der Waals surface area (Å²) in [5, 5.41) is 10.2. The zero-order valence-electron chi connectivity index (χ0n) is 10.6. The Kier molecular flexibility index (Phi) is 5.08. The molecule has 1 aliphatic carbocycles. The summed E-state index contributed by atoms with van der Waals surface area (Å²) in [7, 11) is 0. The first-order valence-electron chi connectivity index (χ1n) is 6.46. The zero-order chi connectivity index (χ0) is 13.8. The lowest BCUT2D eigenvalue weighted by Crippen LogP contribution is -2.35. The van der Waals surface area contributed by atoms with Gasteiger partial charge in [-0.1, -0.05) is 29.3 Å². The van der Waals surface area contributed by atoms with E-state index in [2.05, 4.69) is 0 Å². The topological polar surface area (TPSA) is 40.5 Å². The van der Waals surface area contributed by atoms with E-state index in [0.717, 1.165) is 18.4 Å². The Morgan fingerprint density at radius 3 is 2.68 bits per heavy atom. The van der Waals surface area contributed by atoms with Crippen LogP contribution in [0.4, 0.5) is 0 Å². The first kappa shape index (κ1) is 14.6. The van der Waals surface area contributed by atoms with Gasteiger partial charge in [0.2, 0.25) is 5.91 Å². The summed E-state index contributed by atoms with van der Waals surface area (Å²) in [5.41, 5.74) is 0.930. The summed E-state index contributed by atoms with van der Waals surface area (Å²) < 4.78 is 0. The van der Waals surface area contributed by atoms with E-state index >= 15 is 0 Å². The molecule has 1 amide bonds. The lowest BCUT2D eigenvalue weighted by atomic mass is 10.1. The van der Waals surface area contributed by atoms with Crippen LogP contribution in [0.15, 0.2) is 18.2 Å². The minimum Gasteiger partial charge on any atom is -0.395 e. The van der Waals surface area contributed by atoms with Crippen molar-refractivity contribution in [3.05, 3.63) is 33.8 Å². The van der Waals surface area contributed by atoms with E-state index in [1.165, 1.54) is 0 Å².